The first-order valence-electron chi connectivity index (χ1n) is 5.84. The van der Waals surface area contributed by atoms with E-state index in [0.717, 1.165) is 22.2 Å². The van der Waals surface area contributed by atoms with Crippen LogP contribution in [0.5, 0.6) is 0 Å². The predicted octanol–water partition coefficient (Wildman–Crippen LogP) is 4.03. The Morgan fingerprint density at radius 3 is 2.89 bits per heavy atom. The molecule has 0 saturated heterocycles. The van der Waals surface area contributed by atoms with Crippen LogP contribution in [0.15, 0.2) is 12.1 Å². The molecular weight excluding hydrogens is 312 g/mol. The monoisotopic (exact) mass is 326 g/mol. The van der Waals surface area contributed by atoms with Gasteiger partial charge in [-0.3, -0.25) is 4.79 Å². The Morgan fingerprint density at radius 1 is 1.50 bits per heavy atom. The molecule has 1 heterocycles. The number of alkyl halides is 1. The van der Waals surface area contributed by atoms with Gasteiger partial charge in [-0.05, 0) is 37.5 Å². The first kappa shape index (κ1) is 13.5. The number of amides is 1. The van der Waals surface area contributed by atoms with Gasteiger partial charge in [-0.2, -0.15) is 0 Å². The number of halogens is 1. The molecular formula is C13H15BrN2OS. The normalized spacial score (nSPS) is 12.7. The summed E-state index contributed by atoms with van der Waals surface area (Å²) >= 11 is 4.85. The Balaban J connectivity index is 2.31. The van der Waals surface area contributed by atoms with Gasteiger partial charge < -0.3 is 5.32 Å². The Kier molecular flexibility index (Phi) is 4.02. The van der Waals surface area contributed by atoms with Crippen molar-refractivity contribution in [1.29, 1.82) is 0 Å². The number of carbonyl (C=O) groups is 1. The summed E-state index contributed by atoms with van der Waals surface area (Å²) < 4.78 is 1.12. The fourth-order valence-electron chi connectivity index (χ4n) is 1.79. The Labute approximate surface area is 119 Å². The smallest absolute Gasteiger partial charge is 0.239 e. The lowest BCUT2D eigenvalue weighted by molar-refractivity contribution is -0.115. The summed E-state index contributed by atoms with van der Waals surface area (Å²) in [6.07, 6.45) is 0.759. The third-order valence-corrected chi connectivity index (χ3v) is 4.68. The zero-order valence-corrected chi connectivity index (χ0v) is 13.0. The van der Waals surface area contributed by atoms with Gasteiger partial charge in [0, 0.05) is 0 Å². The first-order chi connectivity index (χ1) is 8.51. The molecule has 0 aliphatic heterocycles. The molecule has 0 aliphatic rings. The average Bonchev–Trinajstić information content (AvgIpc) is 2.70. The largest absolute Gasteiger partial charge is 0.301 e. The van der Waals surface area contributed by atoms with Gasteiger partial charge in [-0.15, -0.1) is 0 Å². The van der Waals surface area contributed by atoms with E-state index in [1.165, 1.54) is 16.9 Å². The number of hydrogen-bond donors (Lipinski definition) is 1. The van der Waals surface area contributed by atoms with Crippen molar-refractivity contribution in [3.8, 4) is 0 Å². The summed E-state index contributed by atoms with van der Waals surface area (Å²) in [5, 5.41) is 3.52. The summed E-state index contributed by atoms with van der Waals surface area (Å²) in [4.78, 5) is 16.1. The van der Waals surface area contributed by atoms with Crippen molar-refractivity contribution in [2.45, 2.75) is 32.0 Å². The van der Waals surface area contributed by atoms with Gasteiger partial charge in [0.25, 0.3) is 0 Å². The van der Waals surface area contributed by atoms with Crippen LogP contribution < -0.4 is 5.32 Å². The highest BCUT2D eigenvalue weighted by molar-refractivity contribution is 9.10. The highest BCUT2D eigenvalue weighted by atomic mass is 79.9. The third kappa shape index (κ3) is 2.72. The number of rotatable bonds is 3. The zero-order chi connectivity index (χ0) is 13.3. The van der Waals surface area contributed by atoms with Crippen LogP contribution in [-0.4, -0.2) is 15.7 Å². The Morgan fingerprint density at radius 2 is 2.22 bits per heavy atom. The van der Waals surface area contributed by atoms with E-state index in [1.807, 2.05) is 13.8 Å². The highest BCUT2D eigenvalue weighted by Crippen LogP contribution is 2.29. The minimum absolute atomic E-state index is 0.0362. The quantitative estimate of drug-likeness (QED) is 0.865. The molecule has 0 bridgehead atoms. The molecule has 1 aromatic carbocycles. The molecule has 2 aromatic rings. The van der Waals surface area contributed by atoms with Crippen LogP contribution in [0.4, 0.5) is 5.13 Å². The number of aromatic nitrogens is 1. The predicted molar refractivity (Wildman–Crippen MR) is 80.7 cm³/mol. The number of nitrogens with one attached hydrogen (secondary N) is 1. The molecule has 1 N–H and O–H groups in total. The van der Waals surface area contributed by atoms with E-state index < -0.39 is 0 Å². The molecule has 1 amide bonds. The van der Waals surface area contributed by atoms with Crippen molar-refractivity contribution < 1.29 is 4.79 Å². The lowest BCUT2D eigenvalue weighted by atomic mass is 10.1. The summed E-state index contributed by atoms with van der Waals surface area (Å²) in [5.74, 6) is -0.0362. The molecule has 0 aliphatic carbocycles. The van der Waals surface area contributed by atoms with Crippen LogP contribution in [0, 0.1) is 13.8 Å². The number of aryl methyl sites for hydroxylation is 2. The lowest BCUT2D eigenvalue weighted by Gasteiger charge is -2.04. The van der Waals surface area contributed by atoms with E-state index in [4.69, 9.17) is 0 Å². The van der Waals surface area contributed by atoms with E-state index in [2.05, 4.69) is 45.3 Å². The van der Waals surface area contributed by atoms with Crippen LogP contribution >= 0.6 is 27.3 Å². The number of anilines is 1. The van der Waals surface area contributed by atoms with Gasteiger partial charge in [0.15, 0.2) is 5.13 Å². The maximum absolute atomic E-state index is 11.8. The van der Waals surface area contributed by atoms with Crippen molar-refractivity contribution >= 4 is 48.5 Å². The third-order valence-electron chi connectivity index (χ3n) is 2.70. The van der Waals surface area contributed by atoms with Gasteiger partial charge in [-0.25, -0.2) is 4.98 Å². The molecule has 2 rings (SSSR count). The minimum Gasteiger partial charge on any atom is -0.301 e. The van der Waals surface area contributed by atoms with Gasteiger partial charge >= 0.3 is 0 Å². The van der Waals surface area contributed by atoms with Crippen molar-refractivity contribution in [3.63, 3.8) is 0 Å². The molecule has 0 fully saturated rings. The number of carbonyl (C=O) groups excluding carboxylic acids is 1. The molecule has 5 heteroatoms. The summed E-state index contributed by atoms with van der Waals surface area (Å²) in [6, 6.07) is 4.20. The standard InChI is InChI=1S/C13H15BrN2OS/c1-4-9(14)12(17)16-13-15-11-8(3)5-7(2)6-10(11)18-13/h5-6,9H,4H2,1-3H3,(H,15,16,17). The van der Waals surface area contributed by atoms with E-state index in [-0.39, 0.29) is 10.7 Å². The molecule has 0 radical (unpaired) electrons. The molecule has 1 aromatic heterocycles. The number of nitrogens with zero attached hydrogens (tertiary/aromatic N) is 1. The topological polar surface area (TPSA) is 42.0 Å². The highest BCUT2D eigenvalue weighted by Gasteiger charge is 2.15. The Bertz CT molecular complexity index is 594. The number of thiazole rings is 1. The maximum Gasteiger partial charge on any atom is 0.239 e. The number of hydrogen-bond acceptors (Lipinski definition) is 3. The second kappa shape index (κ2) is 5.36. The molecule has 1 atom stereocenters. The lowest BCUT2D eigenvalue weighted by Crippen LogP contribution is -2.21. The zero-order valence-electron chi connectivity index (χ0n) is 10.6. The molecule has 0 spiro atoms. The maximum atomic E-state index is 11.8. The van der Waals surface area contributed by atoms with Crippen LogP contribution in [0.2, 0.25) is 0 Å². The van der Waals surface area contributed by atoms with E-state index in [0.29, 0.717) is 5.13 Å². The summed E-state index contributed by atoms with van der Waals surface area (Å²) in [6.45, 7) is 6.07. The van der Waals surface area contributed by atoms with Crippen LogP contribution in [0.1, 0.15) is 24.5 Å². The fourth-order valence-corrected chi connectivity index (χ4v) is 2.95. The van der Waals surface area contributed by atoms with Gasteiger partial charge in [0.1, 0.15) is 0 Å². The first-order valence-corrected chi connectivity index (χ1v) is 7.57. The van der Waals surface area contributed by atoms with E-state index in [1.54, 1.807) is 0 Å². The molecule has 96 valence electrons. The summed E-state index contributed by atoms with van der Waals surface area (Å²) in [7, 11) is 0. The second-order valence-electron chi connectivity index (χ2n) is 4.31. The van der Waals surface area contributed by atoms with Gasteiger partial charge in [0.05, 0.1) is 15.0 Å². The van der Waals surface area contributed by atoms with Crippen LogP contribution in [0.3, 0.4) is 0 Å². The summed E-state index contributed by atoms with van der Waals surface area (Å²) in [5.41, 5.74) is 3.34. The van der Waals surface area contributed by atoms with Crippen molar-refractivity contribution in [2.24, 2.45) is 0 Å². The van der Waals surface area contributed by atoms with E-state index >= 15 is 0 Å². The van der Waals surface area contributed by atoms with Crippen molar-refractivity contribution in [3.05, 3.63) is 23.3 Å². The van der Waals surface area contributed by atoms with Gasteiger partial charge in [0.2, 0.25) is 5.91 Å². The number of benzene rings is 1. The van der Waals surface area contributed by atoms with Crippen molar-refractivity contribution in [1.82, 2.24) is 4.98 Å². The minimum atomic E-state index is -0.160. The molecule has 1 unspecified atom stereocenters. The van der Waals surface area contributed by atoms with Gasteiger partial charge in [-0.1, -0.05) is 40.3 Å². The average molecular weight is 327 g/mol. The van der Waals surface area contributed by atoms with Crippen LogP contribution in [-0.2, 0) is 4.79 Å². The van der Waals surface area contributed by atoms with Crippen molar-refractivity contribution in [2.75, 3.05) is 5.32 Å². The Hall–Kier alpha value is -0.940. The SMILES string of the molecule is CCC(Br)C(=O)Nc1nc2c(C)cc(C)cc2s1. The molecule has 0 saturated carbocycles. The molecule has 18 heavy (non-hydrogen) atoms. The molecule has 3 nitrogen and oxygen atoms in total. The second-order valence-corrected chi connectivity index (χ2v) is 6.45. The fraction of sp³-hybridized carbons (Fsp3) is 0.385. The van der Waals surface area contributed by atoms with Crippen LogP contribution in [0.25, 0.3) is 10.2 Å². The van der Waals surface area contributed by atoms with E-state index in [9.17, 15) is 4.79 Å². The number of fused-ring (bicyclic) bond motifs is 1.